The molecule has 0 amide bonds. The fraction of sp³-hybridized carbons (Fsp3) is 0.219. The second kappa shape index (κ2) is 10.5. The van der Waals surface area contributed by atoms with E-state index in [1.165, 1.54) is 5.56 Å². The predicted molar refractivity (Wildman–Crippen MR) is 155 cm³/mol. The molecule has 198 valence electrons. The minimum Gasteiger partial charge on any atom is -0.297 e. The van der Waals surface area contributed by atoms with Crippen LogP contribution in [0.3, 0.4) is 0 Å². The topological polar surface area (TPSA) is 87.9 Å². The average Bonchev–Trinajstić information content (AvgIpc) is 3.71. The van der Waals surface area contributed by atoms with Gasteiger partial charge in [0.25, 0.3) is 0 Å². The Morgan fingerprint density at radius 1 is 0.825 bits per heavy atom. The summed E-state index contributed by atoms with van der Waals surface area (Å²) in [5, 5.41) is 7.59. The Balaban J connectivity index is 1.06. The van der Waals surface area contributed by atoms with E-state index in [0.29, 0.717) is 17.7 Å². The second-order valence-electron chi connectivity index (χ2n) is 10.4. The quantitative estimate of drug-likeness (QED) is 0.279. The Hall–Kier alpha value is -4.69. The summed E-state index contributed by atoms with van der Waals surface area (Å²) in [4.78, 5) is 21.0. The first kappa shape index (κ1) is 24.4. The van der Waals surface area contributed by atoms with Gasteiger partial charge in [-0.2, -0.15) is 5.10 Å². The molecule has 1 aliphatic heterocycles. The number of nitrogens with one attached hydrogen (secondary N) is 1. The van der Waals surface area contributed by atoms with E-state index in [-0.39, 0.29) is 0 Å². The Bertz CT molecular complexity index is 1720. The molecule has 1 saturated heterocycles. The maximum absolute atomic E-state index is 4.93. The van der Waals surface area contributed by atoms with Gasteiger partial charge in [0, 0.05) is 47.9 Å². The smallest absolute Gasteiger partial charge is 0.234 e. The summed E-state index contributed by atoms with van der Waals surface area (Å²) in [6, 6.07) is 25.4. The summed E-state index contributed by atoms with van der Waals surface area (Å²) in [6.45, 7) is 4.32. The zero-order valence-electron chi connectivity index (χ0n) is 22.4. The lowest BCUT2D eigenvalue weighted by molar-refractivity contribution is 0.160. The van der Waals surface area contributed by atoms with E-state index in [4.69, 9.17) is 9.97 Å². The molecule has 0 spiro atoms. The lowest BCUT2D eigenvalue weighted by Crippen LogP contribution is -2.35. The van der Waals surface area contributed by atoms with Crippen LogP contribution in [-0.2, 0) is 0 Å². The van der Waals surface area contributed by atoms with E-state index >= 15 is 0 Å². The zero-order chi connectivity index (χ0) is 26.9. The number of pyridine rings is 1. The van der Waals surface area contributed by atoms with Gasteiger partial charge in [-0.05, 0) is 56.1 Å². The van der Waals surface area contributed by atoms with Crippen molar-refractivity contribution in [1.82, 2.24) is 39.4 Å². The standard InChI is InChI=1S/C32H30N8/c1-22(39-18-14-26(15-19-39)30-36-31(38-37-30)28-9-5-6-16-33-28)23-10-12-25(13-11-23)29-27(24-7-3-2-4-8-24)21-40-20-17-34-32(40)35-29/h2-13,16-17,20-22,26H,14-15,18-19H2,1H3,(H,36,37,38). The van der Waals surface area contributed by atoms with Crippen LogP contribution >= 0.6 is 0 Å². The molecule has 1 unspecified atom stereocenters. The number of piperidine rings is 1. The Morgan fingerprint density at radius 2 is 1.62 bits per heavy atom. The number of nitrogens with zero attached hydrogens (tertiary/aromatic N) is 7. The summed E-state index contributed by atoms with van der Waals surface area (Å²) in [5.41, 5.74) is 6.40. The van der Waals surface area contributed by atoms with Gasteiger partial charge in [-0.3, -0.25) is 19.4 Å². The molecule has 1 N–H and O–H groups in total. The molecule has 1 aliphatic rings. The van der Waals surface area contributed by atoms with Crippen LogP contribution in [0.2, 0.25) is 0 Å². The number of aromatic nitrogens is 7. The molecule has 5 heterocycles. The highest BCUT2D eigenvalue weighted by atomic mass is 15.2. The van der Waals surface area contributed by atoms with Gasteiger partial charge in [0.05, 0.1) is 5.69 Å². The molecular formula is C32H30N8. The van der Waals surface area contributed by atoms with Gasteiger partial charge in [-0.25, -0.2) is 15.0 Å². The van der Waals surface area contributed by atoms with Crippen molar-refractivity contribution in [2.24, 2.45) is 0 Å². The SMILES string of the molecule is CC(c1ccc(-c2nc3nccn3cc2-c2ccccc2)cc1)N1CCC(c2n[nH]c(-c3ccccn3)n2)CC1. The minimum absolute atomic E-state index is 0.322. The van der Waals surface area contributed by atoms with Crippen molar-refractivity contribution in [2.75, 3.05) is 13.1 Å². The molecule has 2 aromatic carbocycles. The predicted octanol–water partition coefficient (Wildman–Crippen LogP) is 6.18. The normalized spacial score (nSPS) is 15.4. The molecule has 0 saturated carbocycles. The number of likely N-dealkylation sites (tertiary alicyclic amines) is 1. The average molecular weight is 527 g/mol. The first-order valence-corrected chi connectivity index (χ1v) is 13.8. The van der Waals surface area contributed by atoms with Crippen LogP contribution in [0.4, 0.5) is 0 Å². The van der Waals surface area contributed by atoms with Crippen molar-refractivity contribution in [3.8, 4) is 33.9 Å². The van der Waals surface area contributed by atoms with Crippen molar-refractivity contribution >= 4 is 5.78 Å². The molecule has 1 fully saturated rings. The molecule has 6 aromatic rings. The Labute approximate surface area is 232 Å². The number of benzene rings is 2. The van der Waals surface area contributed by atoms with E-state index in [0.717, 1.165) is 65.7 Å². The number of hydrogen-bond acceptors (Lipinski definition) is 6. The molecule has 8 heteroatoms. The van der Waals surface area contributed by atoms with Crippen molar-refractivity contribution in [3.05, 3.63) is 109 Å². The van der Waals surface area contributed by atoms with Crippen LogP contribution in [0.5, 0.6) is 0 Å². The first-order chi connectivity index (χ1) is 19.7. The minimum atomic E-state index is 0.322. The molecule has 0 bridgehead atoms. The summed E-state index contributed by atoms with van der Waals surface area (Å²) in [6.07, 6.45) is 9.70. The fourth-order valence-electron chi connectivity index (χ4n) is 5.65. The molecular weight excluding hydrogens is 496 g/mol. The monoisotopic (exact) mass is 526 g/mol. The second-order valence-corrected chi connectivity index (χ2v) is 10.4. The fourth-order valence-corrected chi connectivity index (χ4v) is 5.65. The third-order valence-electron chi connectivity index (χ3n) is 7.99. The van der Waals surface area contributed by atoms with Crippen LogP contribution in [-0.4, -0.2) is 52.5 Å². The summed E-state index contributed by atoms with van der Waals surface area (Å²) in [7, 11) is 0. The summed E-state index contributed by atoms with van der Waals surface area (Å²) >= 11 is 0. The largest absolute Gasteiger partial charge is 0.297 e. The van der Waals surface area contributed by atoms with Gasteiger partial charge >= 0.3 is 0 Å². The maximum atomic E-state index is 4.93. The van der Waals surface area contributed by atoms with E-state index < -0.39 is 0 Å². The number of H-pyrrole nitrogens is 1. The lowest BCUT2D eigenvalue weighted by Gasteiger charge is -2.35. The van der Waals surface area contributed by atoms with Crippen LogP contribution < -0.4 is 0 Å². The van der Waals surface area contributed by atoms with Gasteiger partial charge in [0.15, 0.2) is 11.6 Å². The van der Waals surface area contributed by atoms with Gasteiger partial charge in [0.2, 0.25) is 5.78 Å². The molecule has 7 rings (SSSR count). The van der Waals surface area contributed by atoms with E-state index in [1.54, 1.807) is 12.4 Å². The summed E-state index contributed by atoms with van der Waals surface area (Å²) in [5.74, 6) is 2.70. The van der Waals surface area contributed by atoms with Crippen molar-refractivity contribution < 1.29 is 0 Å². The number of fused-ring (bicyclic) bond motifs is 1. The third-order valence-corrected chi connectivity index (χ3v) is 7.99. The number of aromatic amines is 1. The van der Waals surface area contributed by atoms with Gasteiger partial charge in [-0.1, -0.05) is 60.7 Å². The van der Waals surface area contributed by atoms with Crippen molar-refractivity contribution in [1.29, 1.82) is 0 Å². The van der Waals surface area contributed by atoms with Crippen LogP contribution in [0, 0.1) is 0 Å². The van der Waals surface area contributed by atoms with Crippen LogP contribution in [0.25, 0.3) is 39.7 Å². The first-order valence-electron chi connectivity index (χ1n) is 13.8. The van der Waals surface area contributed by atoms with Gasteiger partial charge in [-0.15, -0.1) is 0 Å². The Kier molecular flexibility index (Phi) is 6.37. The molecule has 1 atom stereocenters. The number of imidazole rings is 1. The van der Waals surface area contributed by atoms with E-state index in [2.05, 4.69) is 86.7 Å². The Morgan fingerprint density at radius 3 is 2.40 bits per heavy atom. The summed E-state index contributed by atoms with van der Waals surface area (Å²) < 4.78 is 1.98. The van der Waals surface area contributed by atoms with Crippen molar-refractivity contribution in [3.63, 3.8) is 0 Å². The van der Waals surface area contributed by atoms with Gasteiger partial charge < -0.3 is 0 Å². The van der Waals surface area contributed by atoms with Crippen LogP contribution in [0.1, 0.15) is 43.1 Å². The molecule has 40 heavy (non-hydrogen) atoms. The van der Waals surface area contributed by atoms with Crippen molar-refractivity contribution in [2.45, 2.75) is 31.7 Å². The zero-order valence-corrected chi connectivity index (χ0v) is 22.4. The molecule has 4 aromatic heterocycles. The lowest BCUT2D eigenvalue weighted by atomic mass is 9.93. The molecule has 0 radical (unpaired) electrons. The molecule has 8 nitrogen and oxygen atoms in total. The van der Waals surface area contributed by atoms with Crippen LogP contribution in [0.15, 0.2) is 97.6 Å². The number of hydrogen-bond donors (Lipinski definition) is 1. The number of rotatable bonds is 6. The highest BCUT2D eigenvalue weighted by molar-refractivity contribution is 5.81. The van der Waals surface area contributed by atoms with Gasteiger partial charge in [0.1, 0.15) is 5.69 Å². The third kappa shape index (κ3) is 4.67. The van der Waals surface area contributed by atoms with E-state index in [9.17, 15) is 0 Å². The highest BCUT2D eigenvalue weighted by Crippen LogP contribution is 2.34. The molecule has 0 aliphatic carbocycles. The highest BCUT2D eigenvalue weighted by Gasteiger charge is 2.27. The van der Waals surface area contributed by atoms with E-state index in [1.807, 2.05) is 34.9 Å². The maximum Gasteiger partial charge on any atom is 0.234 e.